The lowest BCUT2D eigenvalue weighted by molar-refractivity contribution is 0.290. The molecule has 21 heavy (non-hydrogen) atoms. The second-order valence-electron chi connectivity index (χ2n) is 5.78. The summed E-state index contributed by atoms with van der Waals surface area (Å²) in [5.41, 5.74) is 4.92. The van der Waals surface area contributed by atoms with Crippen molar-refractivity contribution in [2.75, 3.05) is 12.3 Å². The van der Waals surface area contributed by atoms with Crippen molar-refractivity contribution in [2.45, 2.75) is 37.5 Å². The van der Waals surface area contributed by atoms with Gasteiger partial charge in [-0.3, -0.25) is 0 Å². The smallest absolute Gasteiger partial charge is 0.243 e. The van der Waals surface area contributed by atoms with E-state index in [9.17, 15) is 17.2 Å². The number of hydrogen-bond acceptors (Lipinski definition) is 3. The van der Waals surface area contributed by atoms with Crippen LogP contribution in [-0.4, -0.2) is 15.0 Å². The quantitative estimate of drug-likeness (QED) is 0.838. The Bertz CT molecular complexity index is 612. The zero-order chi connectivity index (χ0) is 15.6. The van der Waals surface area contributed by atoms with Crippen LogP contribution in [0.4, 0.5) is 14.5 Å². The first kappa shape index (κ1) is 16.2. The van der Waals surface area contributed by atoms with Crippen LogP contribution in [0.25, 0.3) is 0 Å². The zero-order valence-corrected chi connectivity index (χ0v) is 12.7. The van der Waals surface area contributed by atoms with Crippen LogP contribution in [-0.2, 0) is 10.0 Å². The second kappa shape index (κ2) is 6.27. The predicted octanol–water partition coefficient (Wildman–Crippen LogP) is 2.65. The van der Waals surface area contributed by atoms with E-state index in [0.29, 0.717) is 12.0 Å². The number of benzene rings is 1. The molecule has 0 amide bonds. The molecular formula is C14H20F2N2O2S. The van der Waals surface area contributed by atoms with Gasteiger partial charge in [0.25, 0.3) is 0 Å². The van der Waals surface area contributed by atoms with Crippen molar-refractivity contribution in [3.63, 3.8) is 0 Å². The number of nitrogens with one attached hydrogen (secondary N) is 1. The molecule has 0 saturated heterocycles. The first-order chi connectivity index (χ1) is 9.79. The summed E-state index contributed by atoms with van der Waals surface area (Å²) >= 11 is 0. The van der Waals surface area contributed by atoms with Crippen molar-refractivity contribution >= 4 is 15.7 Å². The minimum absolute atomic E-state index is 0.261. The molecule has 2 rings (SSSR count). The molecule has 1 aromatic rings. The molecule has 1 saturated carbocycles. The molecule has 4 nitrogen and oxygen atoms in total. The van der Waals surface area contributed by atoms with E-state index in [0.717, 1.165) is 31.7 Å². The van der Waals surface area contributed by atoms with Gasteiger partial charge in [0, 0.05) is 12.6 Å². The lowest BCUT2D eigenvalue weighted by Gasteiger charge is -2.26. The minimum atomic E-state index is -4.01. The van der Waals surface area contributed by atoms with Gasteiger partial charge in [-0.15, -0.1) is 0 Å². The number of halogens is 2. The highest BCUT2D eigenvalue weighted by atomic mass is 32.2. The van der Waals surface area contributed by atoms with Crippen molar-refractivity contribution in [1.29, 1.82) is 0 Å². The Kier molecular flexibility index (Phi) is 4.83. The Labute approximate surface area is 123 Å². The topological polar surface area (TPSA) is 72.2 Å². The third kappa shape index (κ3) is 3.91. The maximum atomic E-state index is 13.6. The van der Waals surface area contributed by atoms with E-state index in [1.807, 2.05) is 0 Å². The van der Waals surface area contributed by atoms with Gasteiger partial charge in [0.05, 0.1) is 5.69 Å². The van der Waals surface area contributed by atoms with Crippen LogP contribution >= 0.6 is 0 Å². The molecule has 1 aliphatic rings. The third-order valence-corrected chi connectivity index (χ3v) is 5.48. The number of rotatable bonds is 4. The highest BCUT2D eigenvalue weighted by Crippen LogP contribution is 2.28. The summed E-state index contributed by atoms with van der Waals surface area (Å²) in [5, 5.41) is 0. The molecule has 0 bridgehead atoms. The zero-order valence-electron chi connectivity index (χ0n) is 11.9. The lowest BCUT2D eigenvalue weighted by atomic mass is 9.83. The van der Waals surface area contributed by atoms with E-state index < -0.39 is 26.6 Å². The van der Waals surface area contributed by atoms with Gasteiger partial charge in [0.1, 0.15) is 16.5 Å². The van der Waals surface area contributed by atoms with Crippen LogP contribution in [0.2, 0.25) is 0 Å². The molecular weight excluding hydrogens is 298 g/mol. The molecule has 1 fully saturated rings. The monoisotopic (exact) mass is 318 g/mol. The summed E-state index contributed by atoms with van der Waals surface area (Å²) in [6.07, 6.45) is 4.06. The van der Waals surface area contributed by atoms with E-state index in [4.69, 9.17) is 5.73 Å². The SMILES string of the molecule is CC1CCC(CNS(=O)(=O)c2cc(N)c(F)cc2F)CC1. The van der Waals surface area contributed by atoms with Crippen LogP contribution in [0.15, 0.2) is 17.0 Å². The summed E-state index contributed by atoms with van der Waals surface area (Å²) in [4.78, 5) is -0.606. The Balaban J connectivity index is 2.07. The van der Waals surface area contributed by atoms with Gasteiger partial charge in [-0.1, -0.05) is 19.8 Å². The number of nitrogen functional groups attached to an aromatic ring is 1. The molecule has 3 N–H and O–H groups in total. The van der Waals surface area contributed by atoms with E-state index in [-0.39, 0.29) is 18.2 Å². The normalized spacial score (nSPS) is 23.2. The van der Waals surface area contributed by atoms with E-state index >= 15 is 0 Å². The van der Waals surface area contributed by atoms with Crippen LogP contribution in [0.1, 0.15) is 32.6 Å². The van der Waals surface area contributed by atoms with Gasteiger partial charge in [-0.25, -0.2) is 21.9 Å². The summed E-state index contributed by atoms with van der Waals surface area (Å²) in [6, 6.07) is 1.31. The van der Waals surface area contributed by atoms with Gasteiger partial charge < -0.3 is 5.73 Å². The molecule has 0 aromatic heterocycles. The van der Waals surface area contributed by atoms with Gasteiger partial charge in [0.15, 0.2) is 0 Å². The molecule has 0 radical (unpaired) electrons. The largest absolute Gasteiger partial charge is 0.396 e. The summed E-state index contributed by atoms with van der Waals surface area (Å²) in [6.45, 7) is 2.45. The second-order valence-corrected chi connectivity index (χ2v) is 7.52. The van der Waals surface area contributed by atoms with Crippen molar-refractivity contribution in [3.05, 3.63) is 23.8 Å². The maximum Gasteiger partial charge on any atom is 0.243 e. The highest BCUT2D eigenvalue weighted by molar-refractivity contribution is 7.89. The van der Waals surface area contributed by atoms with Crippen LogP contribution in [0.5, 0.6) is 0 Å². The summed E-state index contributed by atoms with van der Waals surface area (Å²) < 4.78 is 53.3. The fraction of sp³-hybridized carbons (Fsp3) is 0.571. The van der Waals surface area contributed by atoms with Crippen LogP contribution in [0, 0.1) is 23.5 Å². The summed E-state index contributed by atoms with van der Waals surface area (Å²) in [7, 11) is -4.01. The molecule has 0 spiro atoms. The minimum Gasteiger partial charge on any atom is -0.396 e. The van der Waals surface area contributed by atoms with Gasteiger partial charge in [0.2, 0.25) is 10.0 Å². The van der Waals surface area contributed by atoms with Crippen molar-refractivity contribution < 1.29 is 17.2 Å². The summed E-state index contributed by atoms with van der Waals surface area (Å²) in [5.74, 6) is -1.16. The Morgan fingerprint density at radius 1 is 1.19 bits per heavy atom. The maximum absolute atomic E-state index is 13.6. The first-order valence-corrected chi connectivity index (χ1v) is 8.52. The van der Waals surface area contributed by atoms with Crippen LogP contribution in [0.3, 0.4) is 0 Å². The fourth-order valence-corrected chi connectivity index (χ4v) is 3.80. The molecule has 0 unspecified atom stereocenters. The van der Waals surface area contributed by atoms with Gasteiger partial charge >= 0.3 is 0 Å². The first-order valence-electron chi connectivity index (χ1n) is 7.04. The third-order valence-electron chi connectivity index (χ3n) is 4.04. The molecule has 118 valence electrons. The van der Waals surface area contributed by atoms with E-state index in [1.165, 1.54) is 0 Å². The van der Waals surface area contributed by atoms with Crippen molar-refractivity contribution in [2.24, 2.45) is 11.8 Å². The lowest BCUT2D eigenvalue weighted by Crippen LogP contribution is -2.31. The number of anilines is 1. The van der Waals surface area contributed by atoms with E-state index in [1.54, 1.807) is 0 Å². The number of nitrogens with two attached hydrogens (primary N) is 1. The molecule has 0 aliphatic heterocycles. The fourth-order valence-electron chi connectivity index (χ4n) is 2.59. The molecule has 0 atom stereocenters. The van der Waals surface area contributed by atoms with Crippen LogP contribution < -0.4 is 10.5 Å². The van der Waals surface area contributed by atoms with Gasteiger partial charge in [-0.2, -0.15) is 0 Å². The average molecular weight is 318 g/mol. The van der Waals surface area contributed by atoms with Crippen molar-refractivity contribution in [3.8, 4) is 0 Å². The average Bonchev–Trinajstić information content (AvgIpc) is 2.42. The number of hydrogen-bond donors (Lipinski definition) is 2. The molecule has 7 heteroatoms. The Hall–Kier alpha value is -1.21. The molecule has 0 heterocycles. The van der Waals surface area contributed by atoms with Gasteiger partial charge in [-0.05, 0) is 30.7 Å². The number of sulfonamides is 1. The van der Waals surface area contributed by atoms with Crippen molar-refractivity contribution in [1.82, 2.24) is 4.72 Å². The highest BCUT2D eigenvalue weighted by Gasteiger charge is 2.24. The predicted molar refractivity (Wildman–Crippen MR) is 77.1 cm³/mol. The molecule has 1 aliphatic carbocycles. The molecule has 1 aromatic carbocycles. The Morgan fingerprint density at radius 2 is 1.81 bits per heavy atom. The van der Waals surface area contributed by atoms with E-state index in [2.05, 4.69) is 11.6 Å². The Morgan fingerprint density at radius 3 is 2.43 bits per heavy atom. The standard InChI is InChI=1S/C14H20F2N2O2S/c1-9-2-4-10(5-3-9)8-18-21(19,20)14-7-13(17)11(15)6-12(14)16/h6-7,9-10,18H,2-5,8,17H2,1H3.